The molecule has 3 nitrogen and oxygen atoms in total. The summed E-state index contributed by atoms with van der Waals surface area (Å²) in [4.78, 5) is 13.1. The van der Waals surface area contributed by atoms with Gasteiger partial charge in [0.2, 0.25) is 5.91 Å². The molecule has 0 aliphatic carbocycles. The van der Waals surface area contributed by atoms with Crippen LogP contribution in [-0.4, -0.2) is 37.5 Å². The Bertz CT molecular complexity index is 141. The van der Waals surface area contributed by atoms with Crippen molar-refractivity contribution in [2.45, 2.75) is 13.3 Å². The van der Waals surface area contributed by atoms with Crippen molar-refractivity contribution in [3.63, 3.8) is 0 Å². The summed E-state index contributed by atoms with van der Waals surface area (Å²) in [5, 5.41) is 2.89. The van der Waals surface area contributed by atoms with Gasteiger partial charge < -0.3 is 10.2 Å². The van der Waals surface area contributed by atoms with Crippen molar-refractivity contribution in [1.29, 1.82) is 0 Å². The highest BCUT2D eigenvalue weighted by Crippen LogP contribution is 2.10. The molecule has 1 aliphatic heterocycles. The van der Waals surface area contributed by atoms with Crippen LogP contribution < -0.4 is 5.32 Å². The summed E-state index contributed by atoms with van der Waals surface area (Å²) in [5.74, 6) is 0.857. The quantitative estimate of drug-likeness (QED) is 0.627. The lowest BCUT2D eigenvalue weighted by atomic mass is 10.0. The van der Waals surface area contributed by atoms with Crippen LogP contribution in [0.1, 0.15) is 13.3 Å². The van der Waals surface area contributed by atoms with E-state index in [0.717, 1.165) is 19.6 Å². The largest absolute Gasteiger partial charge is 0.356 e. The topological polar surface area (TPSA) is 32.3 Å². The van der Waals surface area contributed by atoms with E-state index >= 15 is 0 Å². The zero-order valence-corrected chi connectivity index (χ0v) is 7.26. The molecule has 0 aromatic heterocycles. The molecule has 1 saturated heterocycles. The highest BCUT2D eigenvalue weighted by molar-refractivity contribution is 5.75. The zero-order chi connectivity index (χ0) is 8.27. The number of carbonyl (C=O) groups excluding carboxylic acids is 1. The van der Waals surface area contributed by atoms with Crippen LogP contribution in [0.5, 0.6) is 0 Å². The van der Waals surface area contributed by atoms with Crippen molar-refractivity contribution in [3.8, 4) is 0 Å². The summed E-state index contributed by atoms with van der Waals surface area (Å²) < 4.78 is 0. The van der Waals surface area contributed by atoms with Crippen molar-refractivity contribution in [3.05, 3.63) is 0 Å². The standard InChI is InChI=1S/C8H16N2O/c1-3-8(11)9-4-7-5-10(2)6-7/h7H,3-6H2,1-2H3,(H,9,11). The fourth-order valence-corrected chi connectivity index (χ4v) is 1.34. The Kier molecular flexibility index (Phi) is 2.88. The van der Waals surface area contributed by atoms with Gasteiger partial charge in [-0.25, -0.2) is 0 Å². The van der Waals surface area contributed by atoms with Crippen molar-refractivity contribution in [2.75, 3.05) is 26.7 Å². The molecular formula is C8H16N2O. The molecule has 0 atom stereocenters. The number of likely N-dealkylation sites (tertiary alicyclic amines) is 1. The van der Waals surface area contributed by atoms with Gasteiger partial charge in [0.05, 0.1) is 0 Å². The van der Waals surface area contributed by atoms with Gasteiger partial charge in [-0.2, -0.15) is 0 Å². The number of nitrogens with zero attached hydrogens (tertiary/aromatic N) is 1. The molecule has 1 amide bonds. The third-order valence-corrected chi connectivity index (χ3v) is 2.05. The van der Waals surface area contributed by atoms with E-state index in [1.54, 1.807) is 0 Å². The van der Waals surface area contributed by atoms with E-state index < -0.39 is 0 Å². The summed E-state index contributed by atoms with van der Waals surface area (Å²) in [6, 6.07) is 0. The molecule has 1 N–H and O–H groups in total. The van der Waals surface area contributed by atoms with Gasteiger partial charge in [-0.1, -0.05) is 6.92 Å². The van der Waals surface area contributed by atoms with Gasteiger partial charge in [0, 0.05) is 32.0 Å². The van der Waals surface area contributed by atoms with E-state index in [1.165, 1.54) is 0 Å². The average molecular weight is 156 g/mol. The van der Waals surface area contributed by atoms with E-state index in [2.05, 4.69) is 17.3 Å². The minimum absolute atomic E-state index is 0.166. The summed E-state index contributed by atoms with van der Waals surface area (Å²) in [6.45, 7) is 4.99. The Labute approximate surface area is 67.8 Å². The molecule has 11 heavy (non-hydrogen) atoms. The average Bonchev–Trinajstić information content (AvgIpc) is 1.95. The predicted molar refractivity (Wildman–Crippen MR) is 44.3 cm³/mol. The van der Waals surface area contributed by atoms with Gasteiger partial charge >= 0.3 is 0 Å². The van der Waals surface area contributed by atoms with E-state index in [9.17, 15) is 4.79 Å². The molecular weight excluding hydrogens is 140 g/mol. The van der Waals surface area contributed by atoms with Crippen molar-refractivity contribution >= 4 is 5.91 Å². The maximum absolute atomic E-state index is 10.8. The van der Waals surface area contributed by atoms with E-state index in [0.29, 0.717) is 12.3 Å². The van der Waals surface area contributed by atoms with Crippen LogP contribution in [0.15, 0.2) is 0 Å². The van der Waals surface area contributed by atoms with Gasteiger partial charge in [0.15, 0.2) is 0 Å². The van der Waals surface area contributed by atoms with E-state index in [4.69, 9.17) is 0 Å². The van der Waals surface area contributed by atoms with Crippen LogP contribution in [0.3, 0.4) is 0 Å². The first-order valence-corrected chi connectivity index (χ1v) is 4.17. The second kappa shape index (κ2) is 3.72. The third-order valence-electron chi connectivity index (χ3n) is 2.05. The van der Waals surface area contributed by atoms with Gasteiger partial charge in [-0.15, -0.1) is 0 Å². The maximum atomic E-state index is 10.8. The minimum Gasteiger partial charge on any atom is -0.356 e. The monoisotopic (exact) mass is 156 g/mol. The van der Waals surface area contributed by atoms with Gasteiger partial charge in [-0.3, -0.25) is 4.79 Å². The van der Waals surface area contributed by atoms with Crippen LogP contribution >= 0.6 is 0 Å². The number of hydrogen-bond acceptors (Lipinski definition) is 2. The number of rotatable bonds is 3. The van der Waals surface area contributed by atoms with Crippen LogP contribution in [0, 0.1) is 5.92 Å². The first-order valence-electron chi connectivity index (χ1n) is 4.17. The molecule has 0 aromatic carbocycles. The molecule has 0 bridgehead atoms. The number of carbonyl (C=O) groups is 1. The summed E-state index contributed by atoms with van der Waals surface area (Å²) in [6.07, 6.45) is 0.600. The first kappa shape index (κ1) is 8.53. The van der Waals surface area contributed by atoms with Crippen molar-refractivity contribution in [1.82, 2.24) is 10.2 Å². The molecule has 1 aliphatic rings. The lowest BCUT2D eigenvalue weighted by Gasteiger charge is -2.36. The molecule has 0 aromatic rings. The number of hydrogen-bond donors (Lipinski definition) is 1. The van der Waals surface area contributed by atoms with Crippen LogP contribution in [0.2, 0.25) is 0 Å². The zero-order valence-electron chi connectivity index (χ0n) is 7.26. The number of nitrogens with one attached hydrogen (secondary N) is 1. The molecule has 0 spiro atoms. The molecule has 1 fully saturated rings. The van der Waals surface area contributed by atoms with Crippen molar-refractivity contribution in [2.24, 2.45) is 5.92 Å². The van der Waals surface area contributed by atoms with Crippen molar-refractivity contribution < 1.29 is 4.79 Å². The molecule has 0 radical (unpaired) electrons. The van der Waals surface area contributed by atoms with Gasteiger partial charge in [-0.05, 0) is 7.05 Å². The summed E-state index contributed by atoms with van der Waals surface area (Å²) in [7, 11) is 2.10. The molecule has 1 rings (SSSR count). The Hall–Kier alpha value is -0.570. The van der Waals surface area contributed by atoms with E-state index in [1.807, 2.05) is 6.92 Å². The highest BCUT2D eigenvalue weighted by atomic mass is 16.1. The fourth-order valence-electron chi connectivity index (χ4n) is 1.34. The third kappa shape index (κ3) is 2.50. The smallest absolute Gasteiger partial charge is 0.219 e. The molecule has 0 unspecified atom stereocenters. The second-order valence-electron chi connectivity index (χ2n) is 3.24. The van der Waals surface area contributed by atoms with Crippen LogP contribution in [0.25, 0.3) is 0 Å². The summed E-state index contributed by atoms with van der Waals surface area (Å²) in [5.41, 5.74) is 0. The van der Waals surface area contributed by atoms with Crippen LogP contribution in [-0.2, 0) is 4.79 Å². The molecule has 3 heteroatoms. The Balaban J connectivity index is 2.00. The fraction of sp³-hybridized carbons (Fsp3) is 0.875. The van der Waals surface area contributed by atoms with Gasteiger partial charge in [0.1, 0.15) is 0 Å². The summed E-state index contributed by atoms with van der Waals surface area (Å²) >= 11 is 0. The molecule has 64 valence electrons. The highest BCUT2D eigenvalue weighted by Gasteiger charge is 2.22. The predicted octanol–water partition coefficient (Wildman–Crippen LogP) is 0.0742. The normalized spacial score (nSPS) is 19.5. The Morgan fingerprint density at radius 2 is 2.27 bits per heavy atom. The Morgan fingerprint density at radius 1 is 1.64 bits per heavy atom. The number of amides is 1. The lowest BCUT2D eigenvalue weighted by Crippen LogP contribution is -2.49. The SMILES string of the molecule is CCC(=O)NCC1CN(C)C1. The molecule has 1 heterocycles. The van der Waals surface area contributed by atoms with E-state index in [-0.39, 0.29) is 5.91 Å². The Morgan fingerprint density at radius 3 is 2.73 bits per heavy atom. The minimum atomic E-state index is 0.166. The maximum Gasteiger partial charge on any atom is 0.219 e. The molecule has 0 saturated carbocycles. The lowest BCUT2D eigenvalue weighted by molar-refractivity contribution is -0.121. The van der Waals surface area contributed by atoms with Crippen LogP contribution in [0.4, 0.5) is 0 Å². The first-order chi connectivity index (χ1) is 5.22. The second-order valence-corrected chi connectivity index (χ2v) is 3.24. The van der Waals surface area contributed by atoms with Gasteiger partial charge in [0.25, 0.3) is 0 Å².